The molecular weight excluding hydrogens is 286 g/mol. The fourth-order valence-electron chi connectivity index (χ4n) is 2.63. The smallest absolute Gasteiger partial charge is 0.263 e. The summed E-state index contributed by atoms with van der Waals surface area (Å²) in [4.78, 5) is 15.9. The number of thiophene rings is 1. The molecule has 1 saturated heterocycles. The second kappa shape index (κ2) is 6.36. The van der Waals surface area contributed by atoms with Crippen LogP contribution in [0.3, 0.4) is 0 Å². The van der Waals surface area contributed by atoms with E-state index in [0.717, 1.165) is 25.0 Å². The van der Waals surface area contributed by atoms with Gasteiger partial charge in [-0.1, -0.05) is 6.42 Å². The normalized spacial score (nSPS) is 16.2. The highest BCUT2D eigenvalue weighted by molar-refractivity contribution is 7.21. The number of carbonyl (C=O) groups excluding carboxylic acids is 1. The summed E-state index contributed by atoms with van der Waals surface area (Å²) >= 11 is 1.29. The van der Waals surface area contributed by atoms with Gasteiger partial charge in [0.15, 0.2) is 0 Å². The standard InChI is InChI=1S/C14H19N5OS/c15-11-10-4-5-17-18-14(10)21-12(11)13(20)16-6-9-19-7-2-1-3-8-19/h4-5H,1-3,6-9,15H2,(H,16,20). The first-order chi connectivity index (χ1) is 10.3. The molecule has 1 aliphatic rings. The molecule has 3 rings (SSSR count). The number of anilines is 1. The van der Waals surface area contributed by atoms with Crippen LogP contribution in [-0.2, 0) is 0 Å². The molecule has 0 unspecified atom stereocenters. The van der Waals surface area contributed by atoms with Gasteiger partial charge in [0, 0.05) is 18.5 Å². The molecule has 7 heteroatoms. The van der Waals surface area contributed by atoms with E-state index >= 15 is 0 Å². The first-order valence-corrected chi connectivity index (χ1v) is 8.07. The van der Waals surface area contributed by atoms with Crippen LogP contribution in [-0.4, -0.2) is 47.2 Å². The van der Waals surface area contributed by atoms with E-state index in [1.165, 1.54) is 30.6 Å². The van der Waals surface area contributed by atoms with Crippen molar-refractivity contribution < 1.29 is 4.79 Å². The van der Waals surface area contributed by atoms with Crippen molar-refractivity contribution in [1.29, 1.82) is 0 Å². The average Bonchev–Trinajstić information content (AvgIpc) is 2.86. The van der Waals surface area contributed by atoms with Crippen LogP contribution in [0.15, 0.2) is 12.3 Å². The number of nitrogens with zero attached hydrogens (tertiary/aromatic N) is 3. The van der Waals surface area contributed by atoms with Crippen LogP contribution < -0.4 is 11.1 Å². The molecule has 112 valence electrons. The lowest BCUT2D eigenvalue weighted by molar-refractivity contribution is 0.0951. The number of likely N-dealkylation sites (tertiary alicyclic amines) is 1. The molecule has 2 aromatic rings. The molecule has 6 nitrogen and oxygen atoms in total. The molecule has 0 spiro atoms. The van der Waals surface area contributed by atoms with Crippen molar-refractivity contribution in [3.8, 4) is 0 Å². The number of nitrogens with one attached hydrogen (secondary N) is 1. The van der Waals surface area contributed by atoms with Gasteiger partial charge in [-0.15, -0.1) is 16.4 Å². The quantitative estimate of drug-likeness (QED) is 0.894. The SMILES string of the molecule is Nc1c(C(=O)NCCN2CCCCC2)sc2nnccc12. The predicted molar refractivity (Wildman–Crippen MR) is 84.5 cm³/mol. The number of hydrogen-bond donors (Lipinski definition) is 2. The number of aromatic nitrogens is 2. The minimum absolute atomic E-state index is 0.118. The molecule has 1 aliphatic heterocycles. The van der Waals surface area contributed by atoms with Crippen molar-refractivity contribution in [1.82, 2.24) is 20.4 Å². The number of hydrogen-bond acceptors (Lipinski definition) is 6. The molecule has 3 heterocycles. The summed E-state index contributed by atoms with van der Waals surface area (Å²) in [6.07, 6.45) is 5.43. The van der Waals surface area contributed by atoms with Gasteiger partial charge in [-0.2, -0.15) is 5.10 Å². The second-order valence-electron chi connectivity index (χ2n) is 5.25. The van der Waals surface area contributed by atoms with Crippen LogP contribution >= 0.6 is 11.3 Å². The molecule has 0 aliphatic carbocycles. The topological polar surface area (TPSA) is 84.1 Å². The summed E-state index contributed by atoms with van der Waals surface area (Å²) in [6.45, 7) is 3.82. The Labute approximate surface area is 127 Å². The van der Waals surface area contributed by atoms with Crippen LogP contribution in [0.25, 0.3) is 10.2 Å². The van der Waals surface area contributed by atoms with E-state index in [9.17, 15) is 4.79 Å². The van der Waals surface area contributed by atoms with Crippen molar-refractivity contribution in [2.45, 2.75) is 19.3 Å². The lowest BCUT2D eigenvalue weighted by Crippen LogP contribution is -2.37. The van der Waals surface area contributed by atoms with E-state index in [2.05, 4.69) is 20.4 Å². The first-order valence-electron chi connectivity index (χ1n) is 7.26. The third kappa shape index (κ3) is 3.14. The Kier molecular flexibility index (Phi) is 4.31. The van der Waals surface area contributed by atoms with Gasteiger partial charge in [-0.3, -0.25) is 4.79 Å². The molecule has 3 N–H and O–H groups in total. The Morgan fingerprint density at radius 3 is 2.95 bits per heavy atom. The largest absolute Gasteiger partial charge is 0.397 e. The number of amides is 1. The van der Waals surface area contributed by atoms with E-state index in [-0.39, 0.29) is 5.91 Å². The van der Waals surface area contributed by atoms with Gasteiger partial charge < -0.3 is 16.0 Å². The summed E-state index contributed by atoms with van der Waals surface area (Å²) in [5.41, 5.74) is 6.53. The highest BCUT2D eigenvalue weighted by atomic mass is 32.1. The van der Waals surface area contributed by atoms with E-state index in [0.29, 0.717) is 21.9 Å². The monoisotopic (exact) mass is 305 g/mol. The van der Waals surface area contributed by atoms with Crippen LogP contribution in [0.2, 0.25) is 0 Å². The third-order valence-electron chi connectivity index (χ3n) is 3.79. The summed E-state index contributed by atoms with van der Waals surface area (Å²) in [5, 5.41) is 11.6. The van der Waals surface area contributed by atoms with Crippen molar-refractivity contribution >= 4 is 33.1 Å². The number of nitrogen functional groups attached to an aromatic ring is 1. The number of fused-ring (bicyclic) bond motifs is 1. The first kappa shape index (κ1) is 14.2. The lowest BCUT2D eigenvalue weighted by atomic mass is 10.1. The predicted octanol–water partition coefficient (Wildman–Crippen LogP) is 1.49. The van der Waals surface area contributed by atoms with Gasteiger partial charge in [0.25, 0.3) is 5.91 Å². The Morgan fingerprint density at radius 1 is 1.38 bits per heavy atom. The zero-order valence-electron chi connectivity index (χ0n) is 11.8. The fraction of sp³-hybridized carbons (Fsp3) is 0.500. The molecule has 1 fully saturated rings. The van der Waals surface area contributed by atoms with Gasteiger partial charge in [0.1, 0.15) is 9.71 Å². The molecule has 0 radical (unpaired) electrons. The highest BCUT2D eigenvalue weighted by Crippen LogP contribution is 2.31. The summed E-state index contributed by atoms with van der Waals surface area (Å²) < 4.78 is 0. The molecule has 2 aromatic heterocycles. The molecule has 0 atom stereocenters. The zero-order valence-corrected chi connectivity index (χ0v) is 12.7. The second-order valence-corrected chi connectivity index (χ2v) is 6.25. The minimum atomic E-state index is -0.118. The molecule has 21 heavy (non-hydrogen) atoms. The fourth-order valence-corrected chi connectivity index (χ4v) is 3.59. The Morgan fingerprint density at radius 2 is 2.19 bits per heavy atom. The van der Waals surface area contributed by atoms with E-state index in [1.54, 1.807) is 12.3 Å². The van der Waals surface area contributed by atoms with E-state index in [1.807, 2.05) is 0 Å². The molecule has 0 aromatic carbocycles. The highest BCUT2D eigenvalue weighted by Gasteiger charge is 2.17. The van der Waals surface area contributed by atoms with Crippen molar-refractivity contribution in [3.05, 3.63) is 17.1 Å². The van der Waals surface area contributed by atoms with E-state index in [4.69, 9.17) is 5.73 Å². The minimum Gasteiger partial charge on any atom is -0.397 e. The number of carbonyl (C=O) groups is 1. The number of rotatable bonds is 4. The van der Waals surface area contributed by atoms with Crippen molar-refractivity contribution in [3.63, 3.8) is 0 Å². The Bertz CT molecular complexity index is 635. The average molecular weight is 305 g/mol. The maximum atomic E-state index is 12.2. The van der Waals surface area contributed by atoms with Crippen molar-refractivity contribution in [2.75, 3.05) is 31.9 Å². The summed E-state index contributed by atoms with van der Waals surface area (Å²) in [7, 11) is 0. The molecular formula is C14H19N5OS. The Hall–Kier alpha value is -1.73. The van der Waals surface area contributed by atoms with Crippen LogP contribution in [0.5, 0.6) is 0 Å². The van der Waals surface area contributed by atoms with Gasteiger partial charge in [-0.05, 0) is 32.0 Å². The van der Waals surface area contributed by atoms with Gasteiger partial charge in [0.2, 0.25) is 0 Å². The molecule has 0 saturated carbocycles. The van der Waals surface area contributed by atoms with Crippen LogP contribution in [0, 0.1) is 0 Å². The lowest BCUT2D eigenvalue weighted by Gasteiger charge is -2.26. The van der Waals surface area contributed by atoms with Gasteiger partial charge in [-0.25, -0.2) is 0 Å². The number of nitrogens with two attached hydrogens (primary N) is 1. The van der Waals surface area contributed by atoms with Crippen LogP contribution in [0.4, 0.5) is 5.69 Å². The molecule has 1 amide bonds. The van der Waals surface area contributed by atoms with Gasteiger partial charge in [0.05, 0.1) is 11.9 Å². The van der Waals surface area contributed by atoms with Gasteiger partial charge >= 0.3 is 0 Å². The maximum absolute atomic E-state index is 12.2. The number of piperidine rings is 1. The maximum Gasteiger partial charge on any atom is 0.263 e. The van der Waals surface area contributed by atoms with Crippen LogP contribution in [0.1, 0.15) is 28.9 Å². The third-order valence-corrected chi connectivity index (χ3v) is 4.89. The van der Waals surface area contributed by atoms with Crippen molar-refractivity contribution in [2.24, 2.45) is 0 Å². The summed E-state index contributed by atoms with van der Waals surface area (Å²) in [5.74, 6) is -0.118. The van der Waals surface area contributed by atoms with E-state index < -0.39 is 0 Å². The molecule has 0 bridgehead atoms. The Balaban J connectivity index is 1.60. The summed E-state index contributed by atoms with van der Waals surface area (Å²) in [6, 6.07) is 1.79. The zero-order chi connectivity index (χ0) is 14.7.